The highest BCUT2D eigenvalue weighted by Crippen LogP contribution is 2.23. The summed E-state index contributed by atoms with van der Waals surface area (Å²) in [6, 6.07) is 9.27. The summed E-state index contributed by atoms with van der Waals surface area (Å²) in [5.41, 5.74) is 3.19. The van der Waals surface area contributed by atoms with Gasteiger partial charge in [-0.1, -0.05) is 18.2 Å². The number of benzene rings is 1. The first-order chi connectivity index (χ1) is 9.91. The van der Waals surface area contributed by atoms with Gasteiger partial charge < -0.3 is 5.32 Å². The van der Waals surface area contributed by atoms with E-state index in [2.05, 4.69) is 20.2 Å². The summed E-state index contributed by atoms with van der Waals surface area (Å²) in [5.74, 6) is 0.771. The number of nitrogens with zero attached hydrogens (tertiary/aromatic N) is 2. The molecule has 2 rings (SSSR count). The van der Waals surface area contributed by atoms with E-state index in [9.17, 15) is 8.42 Å². The first kappa shape index (κ1) is 15.2. The molecule has 0 bridgehead atoms. The summed E-state index contributed by atoms with van der Waals surface area (Å²) in [6.07, 6.45) is 0. The number of hydrogen-bond acceptors (Lipinski definition) is 5. The van der Waals surface area contributed by atoms with E-state index in [0.29, 0.717) is 5.82 Å². The van der Waals surface area contributed by atoms with Crippen molar-refractivity contribution in [3.05, 3.63) is 41.5 Å². The van der Waals surface area contributed by atoms with Crippen LogP contribution >= 0.6 is 0 Å². The monoisotopic (exact) mass is 306 g/mol. The molecule has 0 aliphatic rings. The maximum absolute atomic E-state index is 11.4. The second kappa shape index (κ2) is 6.09. The molecular weight excluding hydrogens is 288 g/mol. The Kier molecular flexibility index (Phi) is 4.42. The fourth-order valence-electron chi connectivity index (χ4n) is 1.82. The molecular formula is C14H18N4O2S. The van der Waals surface area contributed by atoms with Gasteiger partial charge in [0.25, 0.3) is 0 Å². The number of rotatable bonds is 5. The standard InChI is InChI=1S/C14H18N4O2S/c1-4-21(19,20)18-13-9-8-12(16-17-13)15-14-10(2)6-5-7-11(14)3/h5-9H,4H2,1-3H3,(H,15,16)(H,17,18). The molecule has 0 aliphatic heterocycles. The third-order valence-corrected chi connectivity index (χ3v) is 4.32. The predicted octanol–water partition coefficient (Wildman–Crippen LogP) is 2.60. The molecule has 0 saturated heterocycles. The largest absolute Gasteiger partial charge is 0.338 e. The second-order valence-electron chi connectivity index (χ2n) is 4.70. The molecule has 0 amide bonds. The molecule has 0 aliphatic carbocycles. The summed E-state index contributed by atoms with van der Waals surface area (Å²) < 4.78 is 25.2. The fraction of sp³-hybridized carbons (Fsp3) is 0.286. The van der Waals surface area contributed by atoms with Crippen LogP contribution in [0.25, 0.3) is 0 Å². The maximum atomic E-state index is 11.4. The van der Waals surface area contributed by atoms with Crippen molar-refractivity contribution in [3.63, 3.8) is 0 Å². The van der Waals surface area contributed by atoms with Crippen LogP contribution in [-0.4, -0.2) is 24.4 Å². The Morgan fingerprint density at radius 1 is 1.00 bits per heavy atom. The summed E-state index contributed by atoms with van der Waals surface area (Å²) >= 11 is 0. The number of hydrogen-bond donors (Lipinski definition) is 2. The molecule has 0 unspecified atom stereocenters. The Hall–Kier alpha value is -2.15. The third kappa shape index (κ3) is 3.91. The van der Waals surface area contributed by atoms with Crippen LogP contribution in [0.1, 0.15) is 18.1 Å². The van der Waals surface area contributed by atoms with Gasteiger partial charge in [0.2, 0.25) is 10.0 Å². The highest BCUT2D eigenvalue weighted by atomic mass is 32.2. The summed E-state index contributed by atoms with van der Waals surface area (Å²) in [6.45, 7) is 5.58. The van der Waals surface area contributed by atoms with Crippen molar-refractivity contribution in [3.8, 4) is 0 Å². The molecule has 0 radical (unpaired) electrons. The van der Waals surface area contributed by atoms with E-state index >= 15 is 0 Å². The van der Waals surface area contributed by atoms with Crippen molar-refractivity contribution in [2.24, 2.45) is 0 Å². The first-order valence-corrected chi connectivity index (χ1v) is 8.24. The average molecular weight is 306 g/mol. The number of nitrogens with one attached hydrogen (secondary N) is 2. The second-order valence-corrected chi connectivity index (χ2v) is 6.71. The van der Waals surface area contributed by atoms with E-state index in [1.165, 1.54) is 0 Å². The minimum Gasteiger partial charge on any atom is -0.338 e. The Bertz CT molecular complexity index is 707. The van der Waals surface area contributed by atoms with Gasteiger partial charge in [-0.05, 0) is 44.0 Å². The molecule has 7 heteroatoms. The molecule has 1 heterocycles. The third-order valence-electron chi connectivity index (χ3n) is 3.04. The average Bonchev–Trinajstić information content (AvgIpc) is 2.45. The lowest BCUT2D eigenvalue weighted by molar-refractivity contribution is 0.602. The van der Waals surface area contributed by atoms with Gasteiger partial charge in [0.1, 0.15) is 0 Å². The Labute approximate surface area is 124 Å². The van der Waals surface area contributed by atoms with Crippen LogP contribution in [0.5, 0.6) is 0 Å². The number of aryl methyl sites for hydroxylation is 2. The first-order valence-electron chi connectivity index (χ1n) is 6.59. The van der Waals surface area contributed by atoms with Crippen molar-refractivity contribution in [1.82, 2.24) is 10.2 Å². The zero-order chi connectivity index (χ0) is 15.5. The van der Waals surface area contributed by atoms with Crippen LogP contribution < -0.4 is 10.0 Å². The molecule has 112 valence electrons. The van der Waals surface area contributed by atoms with Crippen molar-refractivity contribution in [2.75, 3.05) is 15.8 Å². The summed E-state index contributed by atoms with van der Waals surface area (Å²) in [7, 11) is -3.33. The van der Waals surface area contributed by atoms with Crippen molar-refractivity contribution < 1.29 is 8.42 Å². The van der Waals surface area contributed by atoms with E-state index in [1.54, 1.807) is 19.1 Å². The van der Waals surface area contributed by atoms with E-state index in [0.717, 1.165) is 16.8 Å². The molecule has 1 aromatic carbocycles. The number of para-hydroxylation sites is 1. The van der Waals surface area contributed by atoms with Crippen LogP contribution in [0, 0.1) is 13.8 Å². The van der Waals surface area contributed by atoms with E-state index in [1.807, 2.05) is 32.0 Å². The molecule has 2 aromatic rings. The number of sulfonamides is 1. The molecule has 1 aromatic heterocycles. The normalized spacial score (nSPS) is 11.2. The summed E-state index contributed by atoms with van der Waals surface area (Å²) in [4.78, 5) is 0. The molecule has 2 N–H and O–H groups in total. The topological polar surface area (TPSA) is 84.0 Å². The number of anilines is 3. The highest BCUT2D eigenvalue weighted by Gasteiger charge is 2.09. The van der Waals surface area contributed by atoms with Crippen LogP contribution in [-0.2, 0) is 10.0 Å². The highest BCUT2D eigenvalue weighted by molar-refractivity contribution is 7.92. The van der Waals surface area contributed by atoms with Gasteiger partial charge in [-0.3, -0.25) is 4.72 Å². The van der Waals surface area contributed by atoms with E-state index in [4.69, 9.17) is 0 Å². The molecule has 0 saturated carbocycles. The summed E-state index contributed by atoms with van der Waals surface area (Å²) in [5, 5.41) is 11.0. The Morgan fingerprint density at radius 3 is 2.10 bits per heavy atom. The van der Waals surface area contributed by atoms with Gasteiger partial charge in [0, 0.05) is 5.69 Å². The zero-order valence-corrected chi connectivity index (χ0v) is 13.0. The van der Waals surface area contributed by atoms with Crippen molar-refractivity contribution >= 4 is 27.3 Å². The van der Waals surface area contributed by atoms with Gasteiger partial charge in [0.05, 0.1) is 5.75 Å². The van der Waals surface area contributed by atoms with E-state index in [-0.39, 0.29) is 11.6 Å². The molecule has 0 atom stereocenters. The van der Waals surface area contributed by atoms with Gasteiger partial charge in [0.15, 0.2) is 11.6 Å². The van der Waals surface area contributed by atoms with Crippen molar-refractivity contribution in [2.45, 2.75) is 20.8 Å². The lowest BCUT2D eigenvalue weighted by Crippen LogP contribution is -2.15. The lowest BCUT2D eigenvalue weighted by Gasteiger charge is -2.11. The quantitative estimate of drug-likeness (QED) is 0.887. The zero-order valence-electron chi connectivity index (χ0n) is 12.2. The van der Waals surface area contributed by atoms with Crippen molar-refractivity contribution in [1.29, 1.82) is 0 Å². The van der Waals surface area contributed by atoms with Crippen LogP contribution in [0.15, 0.2) is 30.3 Å². The lowest BCUT2D eigenvalue weighted by atomic mass is 10.1. The van der Waals surface area contributed by atoms with Gasteiger partial charge in [-0.15, -0.1) is 10.2 Å². The van der Waals surface area contributed by atoms with Gasteiger partial charge in [-0.2, -0.15) is 0 Å². The number of aromatic nitrogens is 2. The minimum absolute atomic E-state index is 0.00289. The van der Waals surface area contributed by atoms with Crippen LogP contribution in [0.2, 0.25) is 0 Å². The maximum Gasteiger partial charge on any atom is 0.233 e. The molecule has 21 heavy (non-hydrogen) atoms. The predicted molar refractivity (Wildman–Crippen MR) is 84.3 cm³/mol. The SMILES string of the molecule is CCS(=O)(=O)Nc1ccc(Nc2c(C)cccc2C)nn1. The molecule has 0 fully saturated rings. The van der Waals surface area contributed by atoms with Gasteiger partial charge >= 0.3 is 0 Å². The fourth-order valence-corrected chi connectivity index (χ4v) is 2.40. The van der Waals surface area contributed by atoms with Gasteiger partial charge in [-0.25, -0.2) is 8.42 Å². The van der Waals surface area contributed by atoms with Crippen LogP contribution in [0.4, 0.5) is 17.3 Å². The smallest absolute Gasteiger partial charge is 0.233 e. The Balaban J connectivity index is 2.17. The minimum atomic E-state index is -3.33. The van der Waals surface area contributed by atoms with Crippen LogP contribution in [0.3, 0.4) is 0 Å². The molecule has 6 nitrogen and oxygen atoms in total. The van der Waals surface area contributed by atoms with E-state index < -0.39 is 10.0 Å². The molecule has 0 spiro atoms. The Morgan fingerprint density at radius 2 is 1.57 bits per heavy atom.